The number of fused-ring (bicyclic) bond motifs is 1. The number of carbonyl (C=O) groups is 1. The summed E-state index contributed by atoms with van der Waals surface area (Å²) in [4.78, 5) is 20.4. The number of ether oxygens (including phenoxy) is 2. The van der Waals surface area contributed by atoms with Crippen LogP contribution in [0.2, 0.25) is 5.15 Å². The highest BCUT2D eigenvalue weighted by Gasteiger charge is 2.15. The van der Waals surface area contributed by atoms with Gasteiger partial charge in [-0.15, -0.1) is 0 Å². The first-order valence-electron chi connectivity index (χ1n) is 8.94. The van der Waals surface area contributed by atoms with Gasteiger partial charge in [-0.1, -0.05) is 66.2 Å². The molecule has 3 aromatic carbocycles. The fourth-order valence-corrected chi connectivity index (χ4v) is 3.30. The number of methoxy groups -OCH3 is 1. The van der Waals surface area contributed by atoms with Crippen LogP contribution < -0.4 is 9.47 Å². The van der Waals surface area contributed by atoms with Crippen molar-refractivity contribution in [1.29, 1.82) is 0 Å². The Bertz CT molecular complexity index is 1190. The van der Waals surface area contributed by atoms with Gasteiger partial charge in [-0.05, 0) is 17.2 Å². The van der Waals surface area contributed by atoms with Crippen LogP contribution in [0.25, 0.3) is 33.4 Å². The van der Waals surface area contributed by atoms with Crippen LogP contribution in [0.5, 0.6) is 11.5 Å². The number of nitrogens with zero attached hydrogens (tertiary/aromatic N) is 2. The molecule has 0 aliphatic carbocycles. The Morgan fingerprint density at radius 2 is 1.52 bits per heavy atom. The third-order valence-electron chi connectivity index (χ3n) is 4.44. The van der Waals surface area contributed by atoms with Crippen molar-refractivity contribution in [1.82, 2.24) is 9.97 Å². The van der Waals surface area contributed by atoms with Crippen molar-refractivity contribution in [3.63, 3.8) is 0 Å². The lowest BCUT2D eigenvalue weighted by Gasteiger charge is -2.11. The van der Waals surface area contributed by atoms with Crippen molar-refractivity contribution in [3.8, 4) is 34.0 Å². The van der Waals surface area contributed by atoms with Crippen molar-refractivity contribution in [2.45, 2.75) is 6.92 Å². The Labute approximate surface area is 172 Å². The largest absolute Gasteiger partial charge is 0.493 e. The summed E-state index contributed by atoms with van der Waals surface area (Å²) >= 11 is 6.41. The summed E-state index contributed by atoms with van der Waals surface area (Å²) in [6.45, 7) is 1.32. The molecule has 29 heavy (non-hydrogen) atoms. The number of hydrogen-bond donors (Lipinski definition) is 0. The van der Waals surface area contributed by atoms with Crippen molar-refractivity contribution in [2.24, 2.45) is 0 Å². The smallest absolute Gasteiger partial charge is 0.308 e. The number of esters is 1. The van der Waals surface area contributed by atoms with Gasteiger partial charge in [0, 0.05) is 23.9 Å². The third kappa shape index (κ3) is 3.91. The molecule has 144 valence electrons. The maximum atomic E-state index is 11.3. The fourth-order valence-electron chi connectivity index (χ4n) is 3.06. The van der Waals surface area contributed by atoms with Crippen LogP contribution in [-0.2, 0) is 4.79 Å². The zero-order valence-corrected chi connectivity index (χ0v) is 16.6. The van der Waals surface area contributed by atoms with E-state index in [4.69, 9.17) is 21.1 Å². The highest BCUT2D eigenvalue weighted by molar-refractivity contribution is 6.34. The lowest BCUT2D eigenvalue weighted by molar-refractivity contribution is -0.132. The summed E-state index contributed by atoms with van der Waals surface area (Å²) in [7, 11) is 1.50. The van der Waals surface area contributed by atoms with Gasteiger partial charge in [-0.3, -0.25) is 4.79 Å². The summed E-state index contributed by atoms with van der Waals surface area (Å²) in [6, 6.07) is 21.4. The van der Waals surface area contributed by atoms with Gasteiger partial charge < -0.3 is 9.47 Å². The summed E-state index contributed by atoms with van der Waals surface area (Å²) < 4.78 is 10.5. The van der Waals surface area contributed by atoms with E-state index in [2.05, 4.69) is 22.1 Å². The lowest BCUT2D eigenvalue weighted by atomic mass is 10.0. The molecular formula is C23H17ClN2O3. The van der Waals surface area contributed by atoms with Crippen molar-refractivity contribution in [3.05, 3.63) is 71.9 Å². The van der Waals surface area contributed by atoms with Crippen LogP contribution in [0.3, 0.4) is 0 Å². The van der Waals surface area contributed by atoms with Crippen LogP contribution in [0.1, 0.15) is 6.92 Å². The van der Waals surface area contributed by atoms with E-state index in [0.717, 1.165) is 16.7 Å². The second kappa shape index (κ2) is 7.89. The van der Waals surface area contributed by atoms with Crippen LogP contribution in [0, 0.1) is 0 Å². The van der Waals surface area contributed by atoms with E-state index in [1.807, 2.05) is 42.5 Å². The van der Waals surface area contributed by atoms with Crippen LogP contribution in [-0.4, -0.2) is 23.0 Å². The molecule has 0 saturated heterocycles. The predicted octanol–water partition coefficient (Wildman–Crippen LogP) is 5.55. The van der Waals surface area contributed by atoms with E-state index < -0.39 is 5.97 Å². The summed E-state index contributed by atoms with van der Waals surface area (Å²) in [6.07, 6.45) is 0. The number of hydrogen-bond acceptors (Lipinski definition) is 5. The molecule has 0 aliphatic rings. The minimum atomic E-state index is -0.449. The maximum Gasteiger partial charge on any atom is 0.308 e. The third-order valence-corrected chi connectivity index (χ3v) is 4.73. The van der Waals surface area contributed by atoms with E-state index in [9.17, 15) is 4.79 Å². The molecule has 1 aromatic heterocycles. The van der Waals surface area contributed by atoms with Gasteiger partial charge in [0.05, 0.1) is 12.6 Å². The van der Waals surface area contributed by atoms with Gasteiger partial charge in [-0.25, -0.2) is 9.97 Å². The zero-order valence-electron chi connectivity index (χ0n) is 15.8. The highest BCUT2D eigenvalue weighted by Crippen LogP contribution is 2.35. The second-order valence-corrected chi connectivity index (χ2v) is 6.75. The molecule has 0 radical (unpaired) electrons. The van der Waals surface area contributed by atoms with E-state index in [0.29, 0.717) is 22.5 Å². The molecule has 0 fully saturated rings. The van der Waals surface area contributed by atoms with Gasteiger partial charge in [-0.2, -0.15) is 0 Å². The zero-order chi connectivity index (χ0) is 20.4. The molecule has 0 unspecified atom stereocenters. The molecule has 5 nitrogen and oxygen atoms in total. The van der Waals surface area contributed by atoms with E-state index >= 15 is 0 Å². The van der Waals surface area contributed by atoms with Gasteiger partial charge in [0.25, 0.3) is 0 Å². The van der Waals surface area contributed by atoms with E-state index in [1.54, 1.807) is 12.1 Å². The van der Waals surface area contributed by atoms with Gasteiger partial charge >= 0.3 is 5.97 Å². The summed E-state index contributed by atoms with van der Waals surface area (Å²) in [5, 5.41) is 0.849. The molecular weight excluding hydrogens is 388 g/mol. The molecule has 0 bridgehead atoms. The Kier molecular flexibility index (Phi) is 5.14. The molecule has 6 heteroatoms. The Balaban J connectivity index is 1.76. The molecule has 0 N–H and O–H groups in total. The van der Waals surface area contributed by atoms with Gasteiger partial charge in [0.15, 0.2) is 17.3 Å². The molecule has 0 saturated carbocycles. The molecule has 0 atom stereocenters. The second-order valence-electron chi connectivity index (χ2n) is 6.40. The number of benzene rings is 3. The molecule has 0 spiro atoms. The van der Waals surface area contributed by atoms with Crippen molar-refractivity contribution in [2.75, 3.05) is 7.11 Å². The Hall–Kier alpha value is -3.44. The van der Waals surface area contributed by atoms with Crippen molar-refractivity contribution >= 4 is 28.5 Å². The molecule has 0 aliphatic heterocycles. The van der Waals surface area contributed by atoms with Crippen LogP contribution >= 0.6 is 11.6 Å². The average molecular weight is 405 g/mol. The van der Waals surface area contributed by atoms with Gasteiger partial charge in [0.1, 0.15) is 5.15 Å². The minimum Gasteiger partial charge on any atom is -0.493 e. The fraction of sp³-hybridized carbons (Fsp3) is 0.0870. The quantitative estimate of drug-likeness (QED) is 0.253. The standard InChI is InChI=1S/C23H17ClN2O3/c1-14(27)29-21-12-18-19(13-20(21)28-2)25-23(26-22(18)24)17-10-8-16(9-11-17)15-6-4-3-5-7-15/h3-13H,1-2H3. The number of carbonyl (C=O) groups excluding carboxylic acids is 1. The number of aromatic nitrogens is 2. The Morgan fingerprint density at radius 1 is 0.862 bits per heavy atom. The highest BCUT2D eigenvalue weighted by atomic mass is 35.5. The van der Waals surface area contributed by atoms with Gasteiger partial charge in [0.2, 0.25) is 0 Å². The maximum absolute atomic E-state index is 11.3. The van der Waals surface area contributed by atoms with Crippen LogP contribution in [0.15, 0.2) is 66.7 Å². The SMILES string of the molecule is COc1cc2nc(-c3ccc(-c4ccccc4)cc3)nc(Cl)c2cc1OC(C)=O. The molecule has 1 heterocycles. The van der Waals surface area contributed by atoms with Crippen LogP contribution in [0.4, 0.5) is 0 Å². The monoisotopic (exact) mass is 404 g/mol. The van der Waals surface area contributed by atoms with E-state index in [1.165, 1.54) is 14.0 Å². The average Bonchev–Trinajstić information content (AvgIpc) is 2.74. The van der Waals surface area contributed by atoms with E-state index in [-0.39, 0.29) is 10.9 Å². The minimum absolute atomic E-state index is 0.271. The van der Waals surface area contributed by atoms with Crippen molar-refractivity contribution < 1.29 is 14.3 Å². The lowest BCUT2D eigenvalue weighted by Crippen LogP contribution is -2.03. The first kappa shape index (κ1) is 18.9. The normalized spacial score (nSPS) is 10.7. The first-order valence-corrected chi connectivity index (χ1v) is 9.32. The number of halogens is 1. The predicted molar refractivity (Wildman–Crippen MR) is 113 cm³/mol. The summed E-state index contributed by atoms with van der Waals surface area (Å²) in [5.41, 5.74) is 3.68. The molecule has 4 aromatic rings. The molecule has 0 amide bonds. The molecule has 4 rings (SSSR count). The summed E-state index contributed by atoms with van der Waals surface area (Å²) in [5.74, 6) is 0.727. The first-order chi connectivity index (χ1) is 14.0. The topological polar surface area (TPSA) is 61.3 Å². The Morgan fingerprint density at radius 3 is 2.17 bits per heavy atom. The number of rotatable bonds is 4.